The third kappa shape index (κ3) is 5.24. The van der Waals surface area contributed by atoms with Crippen molar-refractivity contribution in [3.63, 3.8) is 0 Å². The van der Waals surface area contributed by atoms with Crippen molar-refractivity contribution in [1.29, 1.82) is 0 Å². The van der Waals surface area contributed by atoms with Gasteiger partial charge in [-0.3, -0.25) is 9.69 Å². The van der Waals surface area contributed by atoms with Crippen LogP contribution in [0.15, 0.2) is 0 Å². The molecule has 1 unspecified atom stereocenters. The van der Waals surface area contributed by atoms with Crippen LogP contribution in [-0.4, -0.2) is 85.6 Å². The predicted octanol–water partition coefficient (Wildman–Crippen LogP) is 0.820. The molecule has 7 heteroatoms. The van der Waals surface area contributed by atoms with Gasteiger partial charge in [-0.05, 0) is 26.3 Å². The molecule has 0 spiro atoms. The molecule has 130 valence electrons. The van der Waals surface area contributed by atoms with Crippen LogP contribution in [0.5, 0.6) is 0 Å². The van der Waals surface area contributed by atoms with Gasteiger partial charge in [0.1, 0.15) is 0 Å². The Morgan fingerprint density at radius 3 is 2.45 bits per heavy atom. The van der Waals surface area contributed by atoms with Crippen molar-refractivity contribution in [2.75, 3.05) is 52.9 Å². The summed E-state index contributed by atoms with van der Waals surface area (Å²) in [4.78, 5) is 19.2. The third-order valence-corrected chi connectivity index (χ3v) is 5.03. The van der Waals surface area contributed by atoms with Gasteiger partial charge in [0.15, 0.2) is 0 Å². The molecule has 2 heterocycles. The summed E-state index contributed by atoms with van der Waals surface area (Å²) in [6.45, 7) is 7.02. The standard InChI is InChI=1S/C15H28N4O.2ClH/c1-17(14-4-9-19(12-14)13-2-3-13)8-5-15(20)18-10-6-16-7-11-18;;/h13-14,16H,2-12H2,1H3;2*1H. The molecule has 0 aromatic heterocycles. The lowest BCUT2D eigenvalue weighted by atomic mass is 10.2. The molecule has 1 N–H and O–H groups in total. The van der Waals surface area contributed by atoms with E-state index in [1.165, 1.54) is 32.4 Å². The summed E-state index contributed by atoms with van der Waals surface area (Å²) in [5.41, 5.74) is 0. The highest BCUT2D eigenvalue weighted by Gasteiger charge is 2.35. The number of rotatable bonds is 5. The molecule has 1 atom stereocenters. The first-order chi connectivity index (χ1) is 9.74. The fraction of sp³-hybridized carbons (Fsp3) is 0.933. The molecule has 0 bridgehead atoms. The summed E-state index contributed by atoms with van der Waals surface area (Å²) in [6, 6.07) is 1.54. The maximum absolute atomic E-state index is 12.2. The lowest BCUT2D eigenvalue weighted by Gasteiger charge is -2.29. The zero-order valence-electron chi connectivity index (χ0n) is 13.5. The van der Waals surface area contributed by atoms with Crippen LogP contribution >= 0.6 is 24.8 Å². The maximum Gasteiger partial charge on any atom is 0.223 e. The second kappa shape index (κ2) is 9.28. The number of halogens is 2. The average Bonchev–Trinajstić information content (AvgIpc) is 3.22. The number of carbonyl (C=O) groups is 1. The molecule has 1 aliphatic carbocycles. The first-order valence-electron chi connectivity index (χ1n) is 8.17. The van der Waals surface area contributed by atoms with Gasteiger partial charge in [0.25, 0.3) is 0 Å². The number of nitrogens with zero attached hydrogens (tertiary/aromatic N) is 3. The van der Waals surface area contributed by atoms with Crippen LogP contribution in [-0.2, 0) is 4.79 Å². The van der Waals surface area contributed by atoms with E-state index in [0.29, 0.717) is 18.4 Å². The highest BCUT2D eigenvalue weighted by molar-refractivity contribution is 5.85. The van der Waals surface area contributed by atoms with Gasteiger partial charge in [-0.2, -0.15) is 0 Å². The zero-order valence-corrected chi connectivity index (χ0v) is 15.1. The quantitative estimate of drug-likeness (QED) is 0.794. The average molecular weight is 353 g/mol. The second-order valence-corrected chi connectivity index (χ2v) is 6.53. The summed E-state index contributed by atoms with van der Waals surface area (Å²) < 4.78 is 0. The van der Waals surface area contributed by atoms with Gasteiger partial charge in [-0.25, -0.2) is 0 Å². The van der Waals surface area contributed by atoms with Crippen molar-refractivity contribution in [2.45, 2.75) is 37.8 Å². The highest BCUT2D eigenvalue weighted by Crippen LogP contribution is 2.30. The summed E-state index contributed by atoms with van der Waals surface area (Å²) >= 11 is 0. The molecule has 0 aromatic rings. The number of likely N-dealkylation sites (tertiary alicyclic amines) is 1. The van der Waals surface area contributed by atoms with E-state index in [1.807, 2.05) is 4.90 Å². The molecule has 0 aromatic carbocycles. The first-order valence-corrected chi connectivity index (χ1v) is 8.17. The molecule has 2 aliphatic heterocycles. The van der Waals surface area contributed by atoms with E-state index >= 15 is 0 Å². The van der Waals surface area contributed by atoms with Gasteiger partial charge in [-0.1, -0.05) is 0 Å². The Morgan fingerprint density at radius 1 is 1.14 bits per heavy atom. The van der Waals surface area contributed by atoms with Crippen molar-refractivity contribution in [1.82, 2.24) is 20.0 Å². The molecule has 5 nitrogen and oxygen atoms in total. The molecular formula is C15H30Cl2N4O. The van der Waals surface area contributed by atoms with Crippen molar-refractivity contribution >= 4 is 30.7 Å². The summed E-state index contributed by atoms with van der Waals surface area (Å²) in [6.07, 6.45) is 4.75. The molecule has 3 aliphatic rings. The normalized spacial score (nSPS) is 25.7. The van der Waals surface area contributed by atoms with E-state index in [-0.39, 0.29) is 24.8 Å². The fourth-order valence-corrected chi connectivity index (χ4v) is 3.43. The monoisotopic (exact) mass is 352 g/mol. The number of carbonyl (C=O) groups excluding carboxylic acids is 1. The Balaban J connectivity index is 0.00000121. The van der Waals surface area contributed by atoms with Crippen LogP contribution in [0.4, 0.5) is 0 Å². The van der Waals surface area contributed by atoms with E-state index in [4.69, 9.17) is 0 Å². The number of amides is 1. The van der Waals surface area contributed by atoms with E-state index < -0.39 is 0 Å². The van der Waals surface area contributed by atoms with Gasteiger partial charge >= 0.3 is 0 Å². The van der Waals surface area contributed by atoms with E-state index in [1.54, 1.807) is 0 Å². The second-order valence-electron chi connectivity index (χ2n) is 6.53. The Labute approximate surface area is 146 Å². The van der Waals surface area contributed by atoms with E-state index in [0.717, 1.165) is 38.8 Å². The molecule has 3 rings (SSSR count). The minimum atomic E-state index is 0. The number of hydrogen-bond acceptors (Lipinski definition) is 4. The van der Waals surface area contributed by atoms with Gasteiger partial charge in [0, 0.05) is 64.3 Å². The summed E-state index contributed by atoms with van der Waals surface area (Å²) in [5.74, 6) is 0.329. The van der Waals surface area contributed by atoms with E-state index in [9.17, 15) is 4.79 Å². The minimum absolute atomic E-state index is 0. The van der Waals surface area contributed by atoms with Crippen LogP contribution < -0.4 is 5.32 Å². The SMILES string of the molecule is CN(CCC(=O)N1CCNCC1)C1CCN(C2CC2)C1.Cl.Cl. The fourth-order valence-electron chi connectivity index (χ4n) is 3.43. The summed E-state index contributed by atoms with van der Waals surface area (Å²) in [7, 11) is 2.19. The molecule has 1 amide bonds. The Hall–Kier alpha value is -0.0700. The topological polar surface area (TPSA) is 38.8 Å². The lowest BCUT2D eigenvalue weighted by Crippen LogP contribution is -2.47. The minimum Gasteiger partial charge on any atom is -0.340 e. The Morgan fingerprint density at radius 2 is 1.82 bits per heavy atom. The first kappa shape index (κ1) is 20.0. The number of hydrogen-bond donors (Lipinski definition) is 1. The third-order valence-electron chi connectivity index (χ3n) is 5.03. The van der Waals surface area contributed by atoms with Gasteiger partial charge in [0.2, 0.25) is 5.91 Å². The molecular weight excluding hydrogens is 323 g/mol. The van der Waals surface area contributed by atoms with Crippen molar-refractivity contribution in [3.8, 4) is 0 Å². The largest absolute Gasteiger partial charge is 0.340 e. The van der Waals surface area contributed by atoms with Gasteiger partial charge < -0.3 is 15.1 Å². The lowest BCUT2D eigenvalue weighted by molar-refractivity contribution is -0.132. The molecule has 0 radical (unpaired) electrons. The maximum atomic E-state index is 12.2. The van der Waals surface area contributed by atoms with Crippen LogP contribution in [0.2, 0.25) is 0 Å². The Kier molecular flexibility index (Phi) is 8.43. The number of piperazine rings is 1. The van der Waals surface area contributed by atoms with Gasteiger partial charge in [0.05, 0.1) is 0 Å². The molecule has 22 heavy (non-hydrogen) atoms. The molecule has 3 fully saturated rings. The van der Waals surface area contributed by atoms with Crippen LogP contribution in [0, 0.1) is 0 Å². The highest BCUT2D eigenvalue weighted by atomic mass is 35.5. The summed E-state index contributed by atoms with van der Waals surface area (Å²) in [5, 5.41) is 3.29. The van der Waals surface area contributed by atoms with Crippen molar-refractivity contribution in [2.24, 2.45) is 0 Å². The van der Waals surface area contributed by atoms with Crippen LogP contribution in [0.25, 0.3) is 0 Å². The Bertz CT molecular complexity index is 348. The van der Waals surface area contributed by atoms with Crippen LogP contribution in [0.3, 0.4) is 0 Å². The van der Waals surface area contributed by atoms with Crippen molar-refractivity contribution < 1.29 is 4.79 Å². The van der Waals surface area contributed by atoms with Gasteiger partial charge in [-0.15, -0.1) is 24.8 Å². The smallest absolute Gasteiger partial charge is 0.223 e. The number of likely N-dealkylation sites (N-methyl/N-ethyl adjacent to an activating group) is 1. The molecule has 1 saturated carbocycles. The van der Waals surface area contributed by atoms with Crippen molar-refractivity contribution in [3.05, 3.63) is 0 Å². The van der Waals surface area contributed by atoms with Crippen LogP contribution in [0.1, 0.15) is 25.7 Å². The predicted molar refractivity (Wildman–Crippen MR) is 94.2 cm³/mol. The number of nitrogens with one attached hydrogen (secondary N) is 1. The van der Waals surface area contributed by atoms with E-state index in [2.05, 4.69) is 22.2 Å². The zero-order chi connectivity index (χ0) is 13.9. The molecule has 2 saturated heterocycles.